The van der Waals surface area contributed by atoms with E-state index in [0.29, 0.717) is 25.3 Å². The van der Waals surface area contributed by atoms with Gasteiger partial charge in [0.05, 0.1) is 41.3 Å². The number of nitrogens with zero attached hydrogens (tertiary/aromatic N) is 3. The van der Waals surface area contributed by atoms with Crippen molar-refractivity contribution in [2.24, 2.45) is 0 Å². The van der Waals surface area contributed by atoms with Crippen molar-refractivity contribution in [3.05, 3.63) is 53.6 Å². The summed E-state index contributed by atoms with van der Waals surface area (Å²) in [6, 6.07) is 14.8. The Kier molecular flexibility index (Phi) is 12.8. The first-order valence-electron chi connectivity index (χ1n) is 14.9. The number of rotatable bonds is 14. The highest BCUT2D eigenvalue weighted by molar-refractivity contribution is 5.52. The molecule has 1 fully saturated rings. The first kappa shape index (κ1) is 31.9. The molecule has 2 aliphatic rings. The average Bonchev–Trinajstić information content (AvgIpc) is 3.57. The third-order valence-corrected chi connectivity index (χ3v) is 7.91. The molecule has 0 saturated carbocycles. The number of unbranched alkanes of at least 4 members (excludes halogenated alkanes) is 1. The van der Waals surface area contributed by atoms with Gasteiger partial charge >= 0.3 is 0 Å². The minimum atomic E-state index is 0.294. The van der Waals surface area contributed by atoms with Crippen LogP contribution in [0.2, 0.25) is 0 Å². The zero-order chi connectivity index (χ0) is 29.0. The Hall–Kier alpha value is -2.61. The van der Waals surface area contributed by atoms with Crippen LogP contribution in [0, 0.1) is 0 Å². The lowest BCUT2D eigenvalue weighted by Crippen LogP contribution is -2.37. The third kappa shape index (κ3) is 10.1. The van der Waals surface area contributed by atoms with E-state index < -0.39 is 0 Å². The van der Waals surface area contributed by atoms with E-state index in [2.05, 4.69) is 63.1 Å². The Morgan fingerprint density at radius 3 is 2.55 bits per heavy atom. The second-order valence-electron chi connectivity index (χ2n) is 12.2. The molecular formula is C33H52N3O4+. The number of hydrogen-bond acceptors (Lipinski definition) is 6. The van der Waals surface area contributed by atoms with Crippen LogP contribution in [0.4, 0.5) is 0 Å². The van der Waals surface area contributed by atoms with Crippen LogP contribution in [0.25, 0.3) is 0 Å². The van der Waals surface area contributed by atoms with Crippen molar-refractivity contribution in [1.82, 2.24) is 9.80 Å². The number of likely N-dealkylation sites (tertiary alicyclic amines) is 1. The molecule has 4 rings (SSSR count). The van der Waals surface area contributed by atoms with Crippen molar-refractivity contribution in [1.29, 1.82) is 0 Å². The highest BCUT2D eigenvalue weighted by Gasteiger charge is 2.33. The van der Waals surface area contributed by atoms with Gasteiger partial charge in [-0.25, -0.2) is 0 Å². The van der Waals surface area contributed by atoms with Crippen LogP contribution >= 0.6 is 0 Å². The van der Waals surface area contributed by atoms with Gasteiger partial charge in [-0.15, -0.1) is 0 Å². The first-order valence-corrected chi connectivity index (χ1v) is 14.9. The third-order valence-electron chi connectivity index (χ3n) is 7.91. The lowest BCUT2D eigenvalue weighted by molar-refractivity contribution is -0.870. The summed E-state index contributed by atoms with van der Waals surface area (Å²) in [4.78, 5) is 15.9. The lowest BCUT2D eigenvalue weighted by Gasteiger charge is -2.25. The van der Waals surface area contributed by atoms with Gasteiger partial charge in [0.2, 0.25) is 6.79 Å². The number of aryl methyl sites for hydroxylation is 1. The largest absolute Gasteiger partial charge is 0.496 e. The molecule has 2 atom stereocenters. The number of ether oxygens (including phenoxy) is 3. The molecule has 2 aromatic rings. The molecule has 1 saturated heterocycles. The van der Waals surface area contributed by atoms with Gasteiger partial charge in [0.1, 0.15) is 12.0 Å². The summed E-state index contributed by atoms with van der Waals surface area (Å²) >= 11 is 0. The smallest absolute Gasteiger partial charge is 0.231 e. The molecule has 0 amide bonds. The highest BCUT2D eigenvalue weighted by Crippen LogP contribution is 2.39. The monoisotopic (exact) mass is 554 g/mol. The Bertz CT molecular complexity index is 1040. The Morgan fingerprint density at radius 1 is 1.07 bits per heavy atom. The molecule has 40 heavy (non-hydrogen) atoms. The van der Waals surface area contributed by atoms with Crippen molar-refractivity contribution in [2.45, 2.75) is 57.4 Å². The predicted octanol–water partition coefficient (Wildman–Crippen LogP) is 5.23. The van der Waals surface area contributed by atoms with E-state index in [1.54, 1.807) is 7.11 Å². The van der Waals surface area contributed by atoms with Gasteiger partial charge in [-0.2, -0.15) is 0 Å². The van der Waals surface area contributed by atoms with E-state index >= 15 is 0 Å². The molecule has 7 nitrogen and oxygen atoms in total. The summed E-state index contributed by atoms with van der Waals surface area (Å²) in [5, 5.41) is 0. The molecule has 0 N–H and O–H groups in total. The number of carbonyl (C=O) groups excluding carboxylic acids is 1. The van der Waals surface area contributed by atoms with Crippen LogP contribution in [0.15, 0.2) is 42.5 Å². The molecule has 2 heterocycles. The number of hydrogen-bond donors (Lipinski definition) is 0. The van der Waals surface area contributed by atoms with Crippen molar-refractivity contribution in [3.8, 4) is 17.2 Å². The number of aldehydes is 1. The summed E-state index contributed by atoms with van der Waals surface area (Å²) in [7, 11) is 10.7. The van der Waals surface area contributed by atoms with Crippen LogP contribution in [-0.2, 0) is 11.2 Å². The number of carbonyl (C=O) groups is 1. The van der Waals surface area contributed by atoms with Gasteiger partial charge in [0.25, 0.3) is 0 Å². The molecule has 0 bridgehead atoms. The number of para-hydroxylation sites is 1. The van der Waals surface area contributed by atoms with E-state index in [1.165, 1.54) is 50.0 Å². The standard InChI is InChI=1S/C22H25NO4.C11H27N2/c1-25-20-5-3-2-4-16(20)6-8-19-12-18(14-23(19)10-11-24)17-7-9-21-22(13-17)27-15-26-21;1-6-7-9-12(2)10-8-11-13(3,4)5/h2-5,7,9,11,13,18-19H,6,8,10,12,14-15H2,1H3;6-11H2,1-5H3/q;+1/t18?,19-;/m0./s1. The van der Waals surface area contributed by atoms with E-state index in [-0.39, 0.29) is 0 Å². The summed E-state index contributed by atoms with van der Waals surface area (Å²) < 4.78 is 17.5. The van der Waals surface area contributed by atoms with Crippen LogP contribution < -0.4 is 14.2 Å². The topological polar surface area (TPSA) is 51.2 Å². The van der Waals surface area contributed by atoms with Crippen LogP contribution in [0.5, 0.6) is 17.2 Å². The van der Waals surface area contributed by atoms with Crippen LogP contribution in [-0.4, -0.2) is 101 Å². The Balaban J connectivity index is 0.000000289. The maximum absolute atomic E-state index is 11.2. The van der Waals surface area contributed by atoms with Gasteiger partial charge in [-0.05, 0) is 74.5 Å². The minimum Gasteiger partial charge on any atom is -0.496 e. The quantitative estimate of drug-likeness (QED) is 0.236. The second-order valence-corrected chi connectivity index (χ2v) is 12.2. The minimum absolute atomic E-state index is 0.294. The van der Waals surface area contributed by atoms with Crippen molar-refractivity contribution in [2.75, 3.05) is 74.8 Å². The molecule has 222 valence electrons. The fourth-order valence-corrected chi connectivity index (χ4v) is 5.60. The number of fused-ring (bicyclic) bond motifs is 1. The summed E-state index contributed by atoms with van der Waals surface area (Å²) in [6.45, 7) is 7.70. The fraction of sp³-hybridized carbons (Fsp3) is 0.606. The zero-order valence-electron chi connectivity index (χ0n) is 25.7. The number of methoxy groups -OCH3 is 1. The molecule has 7 heteroatoms. The van der Waals surface area contributed by atoms with E-state index in [0.717, 1.165) is 53.8 Å². The molecule has 2 aliphatic heterocycles. The van der Waals surface area contributed by atoms with Gasteiger partial charge in [-0.1, -0.05) is 37.6 Å². The van der Waals surface area contributed by atoms with Crippen molar-refractivity contribution in [3.63, 3.8) is 0 Å². The zero-order valence-corrected chi connectivity index (χ0v) is 25.7. The van der Waals surface area contributed by atoms with E-state index in [9.17, 15) is 4.79 Å². The van der Waals surface area contributed by atoms with Crippen LogP contribution in [0.3, 0.4) is 0 Å². The Morgan fingerprint density at radius 2 is 1.82 bits per heavy atom. The molecule has 0 aliphatic carbocycles. The number of quaternary nitrogens is 1. The highest BCUT2D eigenvalue weighted by atomic mass is 16.7. The summed E-state index contributed by atoms with van der Waals surface area (Å²) in [6.07, 6.45) is 7.96. The predicted molar refractivity (Wildman–Crippen MR) is 163 cm³/mol. The van der Waals surface area contributed by atoms with Crippen molar-refractivity contribution >= 4 is 6.29 Å². The van der Waals surface area contributed by atoms with E-state index in [1.807, 2.05) is 24.3 Å². The normalized spacial score (nSPS) is 18.5. The summed E-state index contributed by atoms with van der Waals surface area (Å²) in [5.74, 6) is 2.98. The average molecular weight is 555 g/mol. The van der Waals surface area contributed by atoms with Gasteiger partial charge in [0.15, 0.2) is 11.5 Å². The van der Waals surface area contributed by atoms with Crippen LogP contribution in [0.1, 0.15) is 56.1 Å². The molecule has 0 aromatic heterocycles. The van der Waals surface area contributed by atoms with Gasteiger partial charge in [-0.3, -0.25) is 4.90 Å². The lowest BCUT2D eigenvalue weighted by atomic mass is 9.94. The molecular weight excluding hydrogens is 502 g/mol. The second kappa shape index (κ2) is 16.0. The fourth-order valence-electron chi connectivity index (χ4n) is 5.60. The van der Waals surface area contributed by atoms with Gasteiger partial charge < -0.3 is 28.4 Å². The van der Waals surface area contributed by atoms with E-state index in [4.69, 9.17) is 14.2 Å². The molecule has 0 radical (unpaired) electrons. The molecule has 1 unspecified atom stereocenters. The van der Waals surface area contributed by atoms with Crippen molar-refractivity contribution < 1.29 is 23.5 Å². The Labute approximate surface area is 242 Å². The molecule has 0 spiro atoms. The summed E-state index contributed by atoms with van der Waals surface area (Å²) in [5.41, 5.74) is 2.48. The molecule has 2 aromatic carbocycles. The first-order chi connectivity index (χ1) is 19.2. The van der Waals surface area contributed by atoms with Gasteiger partial charge in [0, 0.05) is 25.6 Å². The number of benzene rings is 2. The maximum Gasteiger partial charge on any atom is 0.231 e. The maximum atomic E-state index is 11.2. The SMILES string of the molecule is CCCCN(C)CCC[N+](C)(C)C.COc1ccccc1CC[C@H]1CC(c2ccc3c(c2)OCO3)CN1CC=O.